The van der Waals surface area contributed by atoms with E-state index in [1.807, 2.05) is 0 Å². The van der Waals surface area contributed by atoms with Crippen LogP contribution in [0.2, 0.25) is 0 Å². The molecular weight excluding hydrogens is 210 g/mol. The molecule has 3 unspecified atom stereocenters. The van der Waals surface area contributed by atoms with E-state index in [2.05, 4.69) is 18.2 Å². The average molecular weight is 229 g/mol. The molecule has 0 amide bonds. The van der Waals surface area contributed by atoms with Gasteiger partial charge in [0.1, 0.15) is 5.75 Å². The summed E-state index contributed by atoms with van der Waals surface area (Å²) in [6.45, 7) is 0.828. The minimum Gasteiger partial charge on any atom is -0.493 e. The summed E-state index contributed by atoms with van der Waals surface area (Å²) in [5.74, 6) is 3.79. The van der Waals surface area contributed by atoms with Crippen molar-refractivity contribution in [3.8, 4) is 5.75 Å². The smallest absolute Gasteiger partial charge is 0.127 e. The van der Waals surface area contributed by atoms with Gasteiger partial charge < -0.3 is 10.5 Å². The van der Waals surface area contributed by atoms with Crippen LogP contribution in [0.5, 0.6) is 5.75 Å². The van der Waals surface area contributed by atoms with E-state index in [0.717, 1.165) is 30.6 Å². The number of fused-ring (bicyclic) bond motifs is 2. The highest BCUT2D eigenvalue weighted by Gasteiger charge is 2.47. The van der Waals surface area contributed by atoms with Gasteiger partial charge in [0, 0.05) is 18.0 Å². The first kappa shape index (κ1) is 9.95. The molecule has 0 spiro atoms. The molecular formula is C15H19NO. The maximum absolute atomic E-state index is 6.48. The lowest BCUT2D eigenvalue weighted by molar-refractivity contribution is 0.339. The van der Waals surface area contributed by atoms with Crippen LogP contribution >= 0.6 is 0 Å². The van der Waals surface area contributed by atoms with Gasteiger partial charge in [0.15, 0.2) is 0 Å². The first-order valence-corrected chi connectivity index (χ1v) is 6.83. The molecule has 2 nitrogen and oxygen atoms in total. The van der Waals surface area contributed by atoms with Gasteiger partial charge >= 0.3 is 0 Å². The van der Waals surface area contributed by atoms with E-state index >= 15 is 0 Å². The minimum absolute atomic E-state index is 0.191. The van der Waals surface area contributed by atoms with Crippen molar-refractivity contribution in [3.63, 3.8) is 0 Å². The van der Waals surface area contributed by atoms with Crippen LogP contribution < -0.4 is 10.5 Å². The quantitative estimate of drug-likeness (QED) is 0.846. The van der Waals surface area contributed by atoms with Gasteiger partial charge in [-0.2, -0.15) is 0 Å². The van der Waals surface area contributed by atoms with Crippen molar-refractivity contribution in [3.05, 3.63) is 29.3 Å². The van der Waals surface area contributed by atoms with Crippen molar-refractivity contribution in [2.75, 3.05) is 6.61 Å². The second kappa shape index (κ2) is 3.49. The number of nitrogens with two attached hydrogens (primary N) is 1. The normalized spacial score (nSPS) is 35.0. The third kappa shape index (κ3) is 1.50. The highest BCUT2D eigenvalue weighted by atomic mass is 16.5. The number of benzene rings is 1. The van der Waals surface area contributed by atoms with E-state index in [1.54, 1.807) is 0 Å². The van der Waals surface area contributed by atoms with Gasteiger partial charge in [-0.3, -0.25) is 0 Å². The summed E-state index contributed by atoms with van der Waals surface area (Å²) in [7, 11) is 0. The molecule has 0 radical (unpaired) electrons. The fourth-order valence-corrected chi connectivity index (χ4v) is 3.81. The summed E-state index contributed by atoms with van der Waals surface area (Å²) in [5, 5.41) is 0. The van der Waals surface area contributed by atoms with Gasteiger partial charge in [-0.25, -0.2) is 0 Å². The Balaban J connectivity index is 1.63. The molecule has 2 heteroatoms. The lowest BCUT2D eigenvalue weighted by atomic mass is 9.88. The molecule has 2 saturated carbocycles. The monoisotopic (exact) mass is 229 g/mol. The summed E-state index contributed by atoms with van der Waals surface area (Å²) in [6.07, 6.45) is 5.20. The first-order chi connectivity index (χ1) is 8.33. The zero-order valence-corrected chi connectivity index (χ0v) is 10.1. The van der Waals surface area contributed by atoms with Crippen LogP contribution in [0.15, 0.2) is 18.2 Å². The predicted molar refractivity (Wildman–Crippen MR) is 66.9 cm³/mol. The molecule has 1 aromatic rings. The van der Waals surface area contributed by atoms with E-state index in [-0.39, 0.29) is 6.04 Å². The van der Waals surface area contributed by atoms with Crippen molar-refractivity contribution in [2.24, 2.45) is 23.5 Å². The molecule has 0 aromatic heterocycles. The Bertz CT molecular complexity index is 446. The van der Waals surface area contributed by atoms with Gasteiger partial charge in [-0.15, -0.1) is 0 Å². The molecule has 3 atom stereocenters. The summed E-state index contributed by atoms with van der Waals surface area (Å²) < 4.78 is 5.77. The van der Waals surface area contributed by atoms with Crippen LogP contribution in [0.3, 0.4) is 0 Å². The van der Waals surface area contributed by atoms with Crippen molar-refractivity contribution < 1.29 is 4.74 Å². The minimum atomic E-state index is 0.191. The standard InChI is InChI=1S/C15H19NO/c16-14(12-7-10-6-11(10)8-12)13-3-1-2-9-4-5-17-15(9)13/h1-3,10-12,14H,4-8,16H2. The van der Waals surface area contributed by atoms with Gasteiger partial charge in [0.25, 0.3) is 0 Å². The van der Waals surface area contributed by atoms with Crippen molar-refractivity contribution >= 4 is 0 Å². The Labute approximate surface area is 102 Å². The SMILES string of the molecule is NC(c1cccc2c1OCC2)C1CC2CC2C1. The Hall–Kier alpha value is -1.02. The summed E-state index contributed by atoms with van der Waals surface area (Å²) in [4.78, 5) is 0. The van der Waals surface area contributed by atoms with E-state index in [9.17, 15) is 0 Å². The van der Waals surface area contributed by atoms with Gasteiger partial charge in [0.05, 0.1) is 6.61 Å². The van der Waals surface area contributed by atoms with E-state index in [1.165, 1.54) is 30.4 Å². The molecule has 1 aromatic carbocycles. The third-order valence-corrected chi connectivity index (χ3v) is 4.89. The summed E-state index contributed by atoms with van der Waals surface area (Å²) in [5.41, 5.74) is 9.08. The Kier molecular flexibility index (Phi) is 2.04. The number of para-hydroxylation sites is 1. The van der Waals surface area contributed by atoms with E-state index in [0.29, 0.717) is 5.92 Å². The van der Waals surface area contributed by atoms with E-state index < -0.39 is 0 Å². The van der Waals surface area contributed by atoms with Crippen LogP contribution in [-0.2, 0) is 6.42 Å². The van der Waals surface area contributed by atoms with Crippen LogP contribution in [0.4, 0.5) is 0 Å². The number of hydrogen-bond acceptors (Lipinski definition) is 2. The molecule has 0 saturated heterocycles. The van der Waals surface area contributed by atoms with Gasteiger partial charge in [0.2, 0.25) is 0 Å². The van der Waals surface area contributed by atoms with Crippen molar-refractivity contribution in [2.45, 2.75) is 31.7 Å². The topological polar surface area (TPSA) is 35.2 Å². The van der Waals surface area contributed by atoms with Gasteiger partial charge in [-0.1, -0.05) is 18.2 Å². The molecule has 2 aliphatic carbocycles. The molecule has 2 N–H and O–H groups in total. The van der Waals surface area contributed by atoms with Crippen LogP contribution in [0.25, 0.3) is 0 Å². The zero-order valence-electron chi connectivity index (χ0n) is 10.1. The predicted octanol–water partition coefficient (Wildman–Crippen LogP) is 2.67. The maximum atomic E-state index is 6.48. The number of hydrogen-bond donors (Lipinski definition) is 1. The highest BCUT2D eigenvalue weighted by molar-refractivity contribution is 5.45. The Morgan fingerprint density at radius 2 is 2.00 bits per heavy atom. The molecule has 4 rings (SSSR count). The zero-order chi connectivity index (χ0) is 11.4. The first-order valence-electron chi connectivity index (χ1n) is 6.83. The van der Waals surface area contributed by atoms with Gasteiger partial charge in [-0.05, 0) is 42.6 Å². The number of ether oxygens (including phenoxy) is 1. The van der Waals surface area contributed by atoms with Crippen molar-refractivity contribution in [1.29, 1.82) is 0 Å². The molecule has 3 aliphatic rings. The van der Waals surface area contributed by atoms with Crippen LogP contribution in [0.1, 0.15) is 36.4 Å². The fraction of sp³-hybridized carbons (Fsp3) is 0.600. The molecule has 1 heterocycles. The third-order valence-electron chi connectivity index (χ3n) is 4.89. The van der Waals surface area contributed by atoms with Crippen LogP contribution in [0, 0.1) is 17.8 Å². The second-order valence-corrected chi connectivity index (χ2v) is 5.95. The summed E-state index contributed by atoms with van der Waals surface area (Å²) in [6, 6.07) is 6.66. The summed E-state index contributed by atoms with van der Waals surface area (Å²) >= 11 is 0. The number of rotatable bonds is 2. The fourth-order valence-electron chi connectivity index (χ4n) is 3.81. The Morgan fingerprint density at radius 3 is 2.82 bits per heavy atom. The Morgan fingerprint density at radius 1 is 1.18 bits per heavy atom. The van der Waals surface area contributed by atoms with Crippen LogP contribution in [-0.4, -0.2) is 6.61 Å². The maximum Gasteiger partial charge on any atom is 0.127 e. The largest absolute Gasteiger partial charge is 0.493 e. The highest BCUT2D eigenvalue weighted by Crippen LogP contribution is 2.57. The van der Waals surface area contributed by atoms with Crippen molar-refractivity contribution in [1.82, 2.24) is 0 Å². The average Bonchev–Trinajstić information content (AvgIpc) is 2.82. The second-order valence-electron chi connectivity index (χ2n) is 5.95. The molecule has 17 heavy (non-hydrogen) atoms. The van der Waals surface area contributed by atoms with E-state index in [4.69, 9.17) is 10.5 Å². The lowest BCUT2D eigenvalue weighted by Crippen LogP contribution is -2.21. The lowest BCUT2D eigenvalue weighted by Gasteiger charge is -2.22. The molecule has 1 aliphatic heterocycles. The molecule has 90 valence electrons. The molecule has 2 fully saturated rings. The molecule has 0 bridgehead atoms.